The van der Waals surface area contributed by atoms with Crippen LogP contribution in [0, 0.1) is 0 Å². The first-order valence-corrected chi connectivity index (χ1v) is 4.99. The van der Waals surface area contributed by atoms with Crippen LogP contribution in [0.3, 0.4) is 0 Å². The van der Waals surface area contributed by atoms with E-state index in [0.717, 1.165) is 9.52 Å². The van der Waals surface area contributed by atoms with Gasteiger partial charge in [0, 0.05) is 11.5 Å². The zero-order valence-electron chi connectivity index (χ0n) is 6.46. The Morgan fingerprint density at radius 3 is 2.92 bits per heavy atom. The zero-order valence-corrected chi connectivity index (χ0v) is 7.46. The summed E-state index contributed by atoms with van der Waals surface area (Å²) >= 11 is 0. The number of aromatic amines is 1. The Morgan fingerprint density at radius 1 is 1.00 bits per heavy atom. The van der Waals surface area contributed by atoms with Gasteiger partial charge in [-0.25, -0.2) is 0 Å². The average Bonchev–Trinajstić information content (AvgIpc) is 2.62. The van der Waals surface area contributed by atoms with Gasteiger partial charge < -0.3 is 4.98 Å². The molecular weight excluding hydrogens is 162 g/mol. The van der Waals surface area contributed by atoms with Crippen molar-refractivity contribution in [3.05, 3.63) is 36.5 Å². The molecule has 1 aliphatic heterocycles. The number of hydrogen-bond acceptors (Lipinski definition) is 0. The Labute approximate surface area is 73.3 Å². The Morgan fingerprint density at radius 2 is 1.92 bits per heavy atom. The van der Waals surface area contributed by atoms with E-state index in [4.69, 9.17) is 0 Å². The maximum atomic E-state index is 3.28. The molecule has 0 fully saturated rings. The first-order chi connectivity index (χ1) is 5.95. The SMILES string of the molecule is c1ccc2c(c1)[Si]c1[nH]ccc1-2. The van der Waals surface area contributed by atoms with E-state index >= 15 is 0 Å². The third-order valence-electron chi connectivity index (χ3n) is 2.22. The second-order valence-corrected chi connectivity index (χ2v) is 4.23. The monoisotopic (exact) mass is 169 g/mol. The van der Waals surface area contributed by atoms with Crippen LogP contribution in [0.2, 0.25) is 0 Å². The summed E-state index contributed by atoms with van der Waals surface area (Å²) in [5.41, 5.74) is 2.80. The van der Waals surface area contributed by atoms with Gasteiger partial charge in [-0.2, -0.15) is 0 Å². The molecule has 1 N–H and O–H groups in total. The molecule has 0 bridgehead atoms. The standard InChI is InChI=1S/C10H7NSi/c1-2-4-9-7(3-1)8-5-6-11-10(8)12-9/h1-6,11H. The number of benzene rings is 1. The molecule has 0 unspecified atom stereocenters. The summed E-state index contributed by atoms with van der Waals surface area (Å²) in [4.78, 5) is 3.28. The van der Waals surface area contributed by atoms with Crippen LogP contribution in [0.15, 0.2) is 36.5 Å². The van der Waals surface area contributed by atoms with Crippen molar-refractivity contribution >= 4 is 20.0 Å². The summed E-state index contributed by atoms with van der Waals surface area (Å²) in [5, 5.41) is 2.86. The highest BCUT2D eigenvalue weighted by molar-refractivity contribution is 6.72. The normalized spacial score (nSPS) is 12.7. The van der Waals surface area contributed by atoms with Crippen molar-refractivity contribution in [1.29, 1.82) is 0 Å². The molecule has 1 aromatic carbocycles. The molecule has 0 spiro atoms. The highest BCUT2D eigenvalue weighted by atomic mass is 28.2. The Kier molecular flexibility index (Phi) is 1.10. The lowest BCUT2D eigenvalue weighted by molar-refractivity contribution is 1.47. The van der Waals surface area contributed by atoms with Gasteiger partial charge in [-0.3, -0.25) is 0 Å². The Bertz CT molecular complexity index is 431. The van der Waals surface area contributed by atoms with Crippen molar-refractivity contribution < 1.29 is 0 Å². The van der Waals surface area contributed by atoms with Gasteiger partial charge in [0.05, 0.1) is 0 Å². The van der Waals surface area contributed by atoms with Crippen LogP contribution in [0.1, 0.15) is 0 Å². The molecule has 0 saturated carbocycles. The molecule has 2 aromatic rings. The van der Waals surface area contributed by atoms with E-state index in [2.05, 4.69) is 35.3 Å². The fourth-order valence-corrected chi connectivity index (χ4v) is 2.97. The van der Waals surface area contributed by atoms with Crippen LogP contribution in [0.5, 0.6) is 0 Å². The Balaban J connectivity index is 2.34. The van der Waals surface area contributed by atoms with Crippen LogP contribution in [-0.2, 0) is 0 Å². The van der Waals surface area contributed by atoms with Gasteiger partial charge in [0.1, 0.15) is 9.52 Å². The number of H-pyrrole nitrogens is 1. The van der Waals surface area contributed by atoms with Crippen molar-refractivity contribution in [2.75, 3.05) is 0 Å². The van der Waals surface area contributed by atoms with Gasteiger partial charge in [-0.1, -0.05) is 24.3 Å². The first kappa shape index (κ1) is 6.26. The van der Waals surface area contributed by atoms with Crippen LogP contribution >= 0.6 is 0 Å². The molecular formula is C10H7NSi. The van der Waals surface area contributed by atoms with E-state index in [-0.39, 0.29) is 0 Å². The van der Waals surface area contributed by atoms with E-state index in [0.29, 0.717) is 0 Å². The minimum absolute atomic E-state index is 0.820. The molecule has 0 aliphatic carbocycles. The van der Waals surface area contributed by atoms with Crippen molar-refractivity contribution in [1.82, 2.24) is 4.98 Å². The van der Waals surface area contributed by atoms with Gasteiger partial charge in [0.25, 0.3) is 0 Å². The van der Waals surface area contributed by atoms with Gasteiger partial charge in [-0.05, 0) is 22.4 Å². The molecule has 2 heteroatoms. The van der Waals surface area contributed by atoms with Crippen LogP contribution in [0.4, 0.5) is 0 Å². The third-order valence-corrected chi connectivity index (χ3v) is 3.59. The van der Waals surface area contributed by atoms with Crippen LogP contribution < -0.4 is 10.5 Å². The molecule has 1 aromatic heterocycles. The molecule has 56 valence electrons. The highest BCUT2D eigenvalue weighted by Crippen LogP contribution is 2.18. The molecule has 12 heavy (non-hydrogen) atoms. The lowest BCUT2D eigenvalue weighted by Gasteiger charge is -1.95. The smallest absolute Gasteiger partial charge is 0.146 e. The van der Waals surface area contributed by atoms with Gasteiger partial charge in [-0.15, -0.1) is 0 Å². The van der Waals surface area contributed by atoms with E-state index < -0.39 is 0 Å². The maximum Gasteiger partial charge on any atom is 0.146 e. The van der Waals surface area contributed by atoms with Crippen molar-refractivity contribution in [3.63, 3.8) is 0 Å². The summed E-state index contributed by atoms with van der Waals surface area (Å²) in [6.45, 7) is 0. The van der Waals surface area contributed by atoms with Gasteiger partial charge in [0.15, 0.2) is 0 Å². The highest BCUT2D eigenvalue weighted by Gasteiger charge is 2.18. The largest absolute Gasteiger partial charge is 0.368 e. The number of rotatable bonds is 0. The van der Waals surface area contributed by atoms with Crippen molar-refractivity contribution in [3.8, 4) is 11.1 Å². The molecule has 2 radical (unpaired) electrons. The zero-order chi connectivity index (χ0) is 7.97. The maximum absolute atomic E-state index is 3.28. The minimum atomic E-state index is 0.820. The van der Waals surface area contributed by atoms with E-state index in [1.165, 1.54) is 21.6 Å². The number of nitrogens with one attached hydrogen (secondary N) is 1. The lowest BCUT2D eigenvalue weighted by Crippen LogP contribution is -2.21. The van der Waals surface area contributed by atoms with Gasteiger partial charge in [0.2, 0.25) is 0 Å². The van der Waals surface area contributed by atoms with Crippen LogP contribution in [-0.4, -0.2) is 14.5 Å². The Hall–Kier alpha value is -1.28. The molecule has 0 amide bonds. The number of aromatic nitrogens is 1. The van der Waals surface area contributed by atoms with E-state index in [1.807, 2.05) is 6.20 Å². The van der Waals surface area contributed by atoms with E-state index in [9.17, 15) is 0 Å². The van der Waals surface area contributed by atoms with Crippen LogP contribution in [0.25, 0.3) is 11.1 Å². The van der Waals surface area contributed by atoms with Crippen molar-refractivity contribution in [2.24, 2.45) is 0 Å². The van der Waals surface area contributed by atoms with Gasteiger partial charge >= 0.3 is 0 Å². The molecule has 2 heterocycles. The first-order valence-electron chi connectivity index (χ1n) is 3.99. The second kappa shape index (κ2) is 2.11. The molecule has 0 saturated heterocycles. The summed E-state index contributed by atoms with van der Waals surface area (Å²) in [6.07, 6.45) is 2.02. The molecule has 0 atom stereocenters. The summed E-state index contributed by atoms with van der Waals surface area (Å²) in [5.74, 6) is 0. The predicted octanol–water partition coefficient (Wildman–Crippen LogP) is 0.650. The predicted molar refractivity (Wildman–Crippen MR) is 51.3 cm³/mol. The summed E-state index contributed by atoms with van der Waals surface area (Å²) < 4.78 is 0. The quantitative estimate of drug-likeness (QED) is 0.476. The second-order valence-electron chi connectivity index (χ2n) is 2.94. The molecule has 1 aliphatic rings. The third kappa shape index (κ3) is 0.676. The molecule has 1 nitrogen and oxygen atoms in total. The number of hydrogen-bond donors (Lipinski definition) is 1. The minimum Gasteiger partial charge on any atom is -0.368 e. The fourth-order valence-electron chi connectivity index (χ4n) is 1.66. The van der Waals surface area contributed by atoms with Crippen molar-refractivity contribution in [2.45, 2.75) is 0 Å². The summed E-state index contributed by atoms with van der Waals surface area (Å²) in [7, 11) is 0.820. The van der Waals surface area contributed by atoms with E-state index in [1.54, 1.807) is 0 Å². The average molecular weight is 169 g/mol. The summed E-state index contributed by atoms with van der Waals surface area (Å²) in [6, 6.07) is 10.8. The number of fused-ring (bicyclic) bond motifs is 3. The lowest BCUT2D eigenvalue weighted by atomic mass is 10.1. The topological polar surface area (TPSA) is 15.8 Å². The molecule has 3 rings (SSSR count). The fraction of sp³-hybridized carbons (Fsp3) is 0.